The molecule has 2 heterocycles. The summed E-state index contributed by atoms with van der Waals surface area (Å²) in [5.41, 5.74) is 0. The highest BCUT2D eigenvalue weighted by Gasteiger charge is 2.36. The molecule has 1 aliphatic heterocycles. The van der Waals surface area contributed by atoms with Crippen molar-refractivity contribution in [3.63, 3.8) is 0 Å². The van der Waals surface area contributed by atoms with E-state index >= 15 is 0 Å². The minimum absolute atomic E-state index is 0.0600. The number of unbranched alkanes of at least 4 members (excludes halogenated alkanes) is 11. The second kappa shape index (κ2) is 14.6. The summed E-state index contributed by atoms with van der Waals surface area (Å²) in [7, 11) is 0. The zero-order chi connectivity index (χ0) is 24.1. The summed E-state index contributed by atoms with van der Waals surface area (Å²) in [6.45, 7) is 2.91. The summed E-state index contributed by atoms with van der Waals surface area (Å²) in [4.78, 5) is 24.3. The summed E-state index contributed by atoms with van der Waals surface area (Å²) in [5.74, 6) is 1.50. The molecule has 3 rings (SSSR count). The Hall–Kier alpha value is -1.72. The molecule has 188 valence electrons. The monoisotopic (exact) mass is 470 g/mol. The van der Waals surface area contributed by atoms with E-state index in [2.05, 4.69) is 6.08 Å². The molecule has 34 heavy (non-hydrogen) atoms. The van der Waals surface area contributed by atoms with Gasteiger partial charge in [0.15, 0.2) is 17.3 Å². The van der Waals surface area contributed by atoms with Crippen LogP contribution >= 0.6 is 0 Å². The number of rotatable bonds is 18. The summed E-state index contributed by atoms with van der Waals surface area (Å²) in [5, 5.41) is 0. The molecule has 0 saturated carbocycles. The fraction of sp³-hybridized carbons (Fsp3) is 0.655. The minimum Gasteiger partial charge on any atom is -0.452 e. The maximum Gasteiger partial charge on any atom is 0.225 e. The Morgan fingerprint density at radius 2 is 1.29 bits per heavy atom. The Morgan fingerprint density at radius 3 is 1.82 bits per heavy atom. The van der Waals surface area contributed by atoms with Crippen molar-refractivity contribution in [2.75, 3.05) is 13.2 Å². The molecule has 2 radical (unpaired) electrons. The maximum absolute atomic E-state index is 12.4. The molecular formula is C29H42O5. The first-order chi connectivity index (χ1) is 16.6. The first-order valence-corrected chi connectivity index (χ1v) is 13.4. The van der Waals surface area contributed by atoms with E-state index in [-0.39, 0.29) is 5.78 Å². The van der Waals surface area contributed by atoms with E-state index in [0.717, 1.165) is 31.6 Å². The van der Waals surface area contributed by atoms with E-state index in [0.29, 0.717) is 43.4 Å². The number of hydrogen-bond acceptors (Lipinski definition) is 5. The maximum atomic E-state index is 12.4. The Bertz CT molecular complexity index is 763. The van der Waals surface area contributed by atoms with Crippen molar-refractivity contribution in [2.24, 2.45) is 0 Å². The predicted molar refractivity (Wildman–Crippen MR) is 133 cm³/mol. The van der Waals surface area contributed by atoms with Gasteiger partial charge in [0.25, 0.3) is 0 Å². The lowest BCUT2D eigenvalue weighted by Crippen LogP contribution is -2.21. The molecule has 5 heteroatoms. The van der Waals surface area contributed by atoms with Crippen LogP contribution in [-0.4, -0.2) is 24.8 Å². The van der Waals surface area contributed by atoms with Crippen LogP contribution in [0.3, 0.4) is 0 Å². The average molecular weight is 471 g/mol. The van der Waals surface area contributed by atoms with Gasteiger partial charge in [0.1, 0.15) is 5.78 Å². The van der Waals surface area contributed by atoms with Gasteiger partial charge in [0.05, 0.1) is 19.1 Å². The summed E-state index contributed by atoms with van der Waals surface area (Å²) < 4.78 is 16.9. The molecule has 1 aromatic heterocycles. The van der Waals surface area contributed by atoms with Crippen LogP contribution in [0, 0.1) is 12.3 Å². The highest BCUT2D eigenvalue weighted by molar-refractivity contribution is 5.95. The van der Waals surface area contributed by atoms with Gasteiger partial charge in [-0.1, -0.05) is 76.4 Å². The number of ether oxygens (including phenoxy) is 2. The number of ketones is 2. The van der Waals surface area contributed by atoms with Gasteiger partial charge in [-0.25, -0.2) is 0 Å². The number of furan rings is 1. The second-order valence-corrected chi connectivity index (χ2v) is 9.72. The first kappa shape index (κ1) is 26.9. The molecular weight excluding hydrogens is 428 g/mol. The van der Waals surface area contributed by atoms with Crippen LogP contribution in [-0.2, 0) is 20.1 Å². The van der Waals surface area contributed by atoms with Gasteiger partial charge in [-0.2, -0.15) is 0 Å². The normalized spacial score (nSPS) is 17.6. The van der Waals surface area contributed by atoms with Gasteiger partial charge in [0, 0.05) is 12.8 Å². The van der Waals surface area contributed by atoms with E-state index in [4.69, 9.17) is 13.9 Å². The molecule has 0 spiro atoms. The molecule has 5 nitrogen and oxygen atoms in total. The molecule has 0 aromatic carbocycles. The Labute approximate surface area is 205 Å². The van der Waals surface area contributed by atoms with Crippen molar-refractivity contribution in [3.8, 4) is 0 Å². The van der Waals surface area contributed by atoms with Crippen LogP contribution in [0.2, 0.25) is 0 Å². The third-order valence-electron chi connectivity index (χ3n) is 6.85. The van der Waals surface area contributed by atoms with E-state index in [1.165, 1.54) is 57.8 Å². The molecule has 2 aliphatic rings. The lowest BCUT2D eigenvalue weighted by molar-refractivity contribution is -0.163. The molecule has 1 saturated heterocycles. The van der Waals surface area contributed by atoms with Crippen molar-refractivity contribution >= 4 is 11.6 Å². The highest BCUT2D eigenvalue weighted by Crippen LogP contribution is 2.32. The van der Waals surface area contributed by atoms with Crippen molar-refractivity contribution in [1.29, 1.82) is 0 Å². The Morgan fingerprint density at radius 1 is 0.765 bits per heavy atom. The third kappa shape index (κ3) is 8.81. The van der Waals surface area contributed by atoms with Crippen molar-refractivity contribution in [2.45, 2.75) is 109 Å². The largest absolute Gasteiger partial charge is 0.452 e. The molecule has 1 aliphatic carbocycles. The van der Waals surface area contributed by atoms with E-state index in [1.807, 2.05) is 19.4 Å². The zero-order valence-corrected chi connectivity index (χ0v) is 20.9. The number of carbonyl (C=O) groups excluding carboxylic acids is 2. The van der Waals surface area contributed by atoms with Crippen molar-refractivity contribution in [3.05, 3.63) is 48.1 Å². The molecule has 0 unspecified atom stereocenters. The van der Waals surface area contributed by atoms with Gasteiger partial charge in [-0.3, -0.25) is 9.59 Å². The standard InChI is InChI=1S/C29H42O5/c1-29(32-22-23-33-29)28-21-20-27(34-28)26(31)19-13-11-9-7-5-3-2-4-6-8-10-12-18-25(30)24-16-14-15-17-24/h14-16,20-21H,2-13,17-19,22-23H2,1H3. The van der Waals surface area contributed by atoms with Gasteiger partial charge >= 0.3 is 0 Å². The lowest BCUT2D eigenvalue weighted by atomic mass is 9.96. The van der Waals surface area contributed by atoms with Crippen LogP contribution in [0.1, 0.15) is 120 Å². The molecule has 0 N–H and O–H groups in total. The van der Waals surface area contributed by atoms with Crippen molar-refractivity contribution in [1.82, 2.24) is 0 Å². The van der Waals surface area contributed by atoms with Gasteiger partial charge in [-0.05, 0) is 44.7 Å². The van der Waals surface area contributed by atoms with Gasteiger partial charge in [-0.15, -0.1) is 0 Å². The summed E-state index contributed by atoms with van der Waals surface area (Å²) >= 11 is 0. The smallest absolute Gasteiger partial charge is 0.225 e. The van der Waals surface area contributed by atoms with Crippen LogP contribution < -0.4 is 0 Å². The number of allylic oxidation sites excluding steroid dienone is 2. The quantitative estimate of drug-likeness (QED) is 0.165. The molecule has 0 amide bonds. The fourth-order valence-corrected chi connectivity index (χ4v) is 4.67. The molecule has 1 fully saturated rings. The van der Waals surface area contributed by atoms with E-state index in [1.54, 1.807) is 12.1 Å². The third-order valence-corrected chi connectivity index (χ3v) is 6.85. The van der Waals surface area contributed by atoms with Crippen LogP contribution in [0.25, 0.3) is 0 Å². The fourth-order valence-electron chi connectivity index (χ4n) is 4.67. The first-order valence-electron chi connectivity index (χ1n) is 13.4. The molecule has 0 bridgehead atoms. The Kier molecular flexibility index (Phi) is 11.6. The number of hydrogen-bond donors (Lipinski definition) is 0. The number of carbonyl (C=O) groups is 2. The van der Waals surface area contributed by atoms with E-state index in [9.17, 15) is 9.59 Å². The topological polar surface area (TPSA) is 65.7 Å². The predicted octanol–water partition coefficient (Wildman–Crippen LogP) is 7.45. The van der Waals surface area contributed by atoms with Gasteiger partial charge < -0.3 is 13.9 Å². The van der Waals surface area contributed by atoms with Gasteiger partial charge in [0.2, 0.25) is 5.79 Å². The zero-order valence-electron chi connectivity index (χ0n) is 20.9. The average Bonchev–Trinajstić information content (AvgIpc) is 3.61. The molecule has 1 aromatic rings. The highest BCUT2D eigenvalue weighted by atomic mass is 16.7. The summed E-state index contributed by atoms with van der Waals surface area (Å²) in [6, 6.07) is 3.52. The van der Waals surface area contributed by atoms with Crippen molar-refractivity contribution < 1.29 is 23.5 Å². The lowest BCUT2D eigenvalue weighted by Gasteiger charge is -2.18. The SMILES string of the molecule is CC1(c2ccc(C(=O)CCCCCCCCCCCCCCC(=O)[C]3[CH]C=CC3)o2)OCCO1. The minimum atomic E-state index is -0.857. The second-order valence-electron chi connectivity index (χ2n) is 9.72. The Balaban J connectivity index is 1.09. The van der Waals surface area contributed by atoms with E-state index < -0.39 is 5.79 Å². The number of Topliss-reactive ketones (excluding diaryl/α,β-unsaturated/α-hetero) is 2. The van der Waals surface area contributed by atoms with Crippen LogP contribution in [0.5, 0.6) is 0 Å². The van der Waals surface area contributed by atoms with Crippen LogP contribution in [0.4, 0.5) is 0 Å². The van der Waals surface area contributed by atoms with Crippen LogP contribution in [0.15, 0.2) is 28.7 Å². The summed E-state index contributed by atoms with van der Waals surface area (Å²) in [6.07, 6.45) is 22.4. The molecule has 0 atom stereocenters.